The highest BCUT2D eigenvalue weighted by Crippen LogP contribution is 2.23. The number of sulfonamides is 1. The van der Waals surface area contributed by atoms with E-state index >= 15 is 0 Å². The number of hydrogen-bond donors (Lipinski definition) is 3. The normalized spacial score (nSPS) is 11.0. The Morgan fingerprint density at radius 1 is 1.14 bits per heavy atom. The van der Waals surface area contributed by atoms with Crippen molar-refractivity contribution in [3.05, 3.63) is 53.1 Å². The molecule has 4 N–H and O–H groups in total. The van der Waals surface area contributed by atoms with Crippen molar-refractivity contribution in [1.82, 2.24) is 0 Å². The first kappa shape index (κ1) is 16.1. The van der Waals surface area contributed by atoms with E-state index in [9.17, 15) is 13.2 Å². The van der Waals surface area contributed by atoms with Crippen LogP contribution < -0.4 is 15.8 Å². The minimum absolute atomic E-state index is 0.0522. The Morgan fingerprint density at radius 3 is 2.45 bits per heavy atom. The summed E-state index contributed by atoms with van der Waals surface area (Å²) in [5.74, 6) is 0. The summed E-state index contributed by atoms with van der Waals surface area (Å²) in [5, 5.41) is 2.74. The van der Waals surface area contributed by atoms with Crippen LogP contribution in [-0.4, -0.2) is 14.4 Å². The lowest BCUT2D eigenvalue weighted by Crippen LogP contribution is -2.19. The molecule has 22 heavy (non-hydrogen) atoms. The number of rotatable bonds is 4. The number of anilines is 2. The highest BCUT2D eigenvalue weighted by Gasteiger charge is 2.15. The van der Waals surface area contributed by atoms with Gasteiger partial charge < -0.3 is 11.1 Å². The lowest BCUT2D eigenvalue weighted by atomic mass is 10.2. The molecule has 0 aliphatic carbocycles. The Kier molecular flexibility index (Phi) is 4.58. The molecule has 0 saturated carbocycles. The Hall–Kier alpha value is -2.25. The van der Waals surface area contributed by atoms with E-state index in [0.717, 1.165) is 5.56 Å². The minimum Gasteiger partial charge on any atom is -0.351 e. The number of benzene rings is 2. The van der Waals surface area contributed by atoms with E-state index in [1.165, 1.54) is 18.2 Å². The average molecular weight is 340 g/mol. The van der Waals surface area contributed by atoms with E-state index in [2.05, 4.69) is 10.0 Å². The number of urea groups is 1. The van der Waals surface area contributed by atoms with Gasteiger partial charge in [-0.15, -0.1) is 0 Å². The molecule has 116 valence electrons. The third kappa shape index (κ3) is 3.90. The van der Waals surface area contributed by atoms with Gasteiger partial charge in [-0.05, 0) is 42.8 Å². The van der Waals surface area contributed by atoms with Gasteiger partial charge in [-0.3, -0.25) is 4.72 Å². The van der Waals surface area contributed by atoms with Crippen molar-refractivity contribution in [2.24, 2.45) is 5.73 Å². The highest BCUT2D eigenvalue weighted by atomic mass is 35.5. The third-order valence-electron chi connectivity index (χ3n) is 2.84. The van der Waals surface area contributed by atoms with Crippen LogP contribution >= 0.6 is 11.6 Å². The van der Waals surface area contributed by atoms with Gasteiger partial charge in [0.1, 0.15) is 0 Å². The van der Waals surface area contributed by atoms with E-state index < -0.39 is 16.1 Å². The molecule has 6 nitrogen and oxygen atoms in total. The minimum atomic E-state index is -3.78. The van der Waals surface area contributed by atoms with E-state index in [0.29, 0.717) is 16.4 Å². The fourth-order valence-corrected chi connectivity index (χ4v) is 3.08. The number of primary amides is 1. The Labute approximate surface area is 133 Å². The molecule has 0 fully saturated rings. The number of amides is 2. The standard InChI is InChI=1S/C14H14ClN3O3S/c1-9-5-6-12(8-13(9)15)22(20,21)18-11-4-2-3-10(7-11)17-14(16)19/h2-8,18H,1H3,(H3,16,17,19). The molecule has 0 aliphatic rings. The molecule has 0 radical (unpaired) electrons. The highest BCUT2D eigenvalue weighted by molar-refractivity contribution is 7.92. The molecular weight excluding hydrogens is 326 g/mol. The lowest BCUT2D eigenvalue weighted by Gasteiger charge is -2.10. The fourth-order valence-electron chi connectivity index (χ4n) is 1.76. The molecular formula is C14H14ClN3O3S. The predicted molar refractivity (Wildman–Crippen MR) is 86.6 cm³/mol. The lowest BCUT2D eigenvalue weighted by molar-refractivity contribution is 0.259. The van der Waals surface area contributed by atoms with Crippen LogP contribution in [-0.2, 0) is 10.0 Å². The summed E-state index contributed by atoms with van der Waals surface area (Å²) in [6, 6.07) is 9.93. The van der Waals surface area contributed by atoms with Crippen LogP contribution in [0, 0.1) is 6.92 Å². The summed E-state index contributed by atoms with van der Waals surface area (Å²) < 4.78 is 27.0. The largest absolute Gasteiger partial charge is 0.351 e. The van der Waals surface area contributed by atoms with Gasteiger partial charge in [-0.1, -0.05) is 23.7 Å². The summed E-state index contributed by atoms with van der Waals surface area (Å²) in [6.07, 6.45) is 0. The molecule has 2 amide bonds. The Morgan fingerprint density at radius 2 is 1.82 bits per heavy atom. The zero-order valence-electron chi connectivity index (χ0n) is 11.6. The van der Waals surface area contributed by atoms with Crippen molar-refractivity contribution in [3.63, 3.8) is 0 Å². The first-order valence-corrected chi connectivity index (χ1v) is 8.09. The van der Waals surface area contributed by atoms with Crippen molar-refractivity contribution in [3.8, 4) is 0 Å². The molecule has 0 saturated heterocycles. The van der Waals surface area contributed by atoms with E-state index in [1.807, 2.05) is 0 Å². The summed E-state index contributed by atoms with van der Waals surface area (Å²) in [7, 11) is -3.78. The maximum absolute atomic E-state index is 12.3. The number of hydrogen-bond acceptors (Lipinski definition) is 3. The molecule has 2 rings (SSSR count). The maximum atomic E-state index is 12.3. The zero-order valence-corrected chi connectivity index (χ0v) is 13.2. The second-order valence-corrected chi connectivity index (χ2v) is 6.68. The zero-order chi connectivity index (χ0) is 16.3. The van der Waals surface area contributed by atoms with Crippen LogP contribution in [0.15, 0.2) is 47.4 Å². The van der Waals surface area contributed by atoms with E-state index in [-0.39, 0.29) is 4.90 Å². The molecule has 2 aromatic rings. The topological polar surface area (TPSA) is 101 Å². The summed E-state index contributed by atoms with van der Waals surface area (Å²) in [6.45, 7) is 1.78. The quantitative estimate of drug-likeness (QED) is 0.798. The molecule has 0 aliphatic heterocycles. The van der Waals surface area contributed by atoms with Crippen molar-refractivity contribution in [2.45, 2.75) is 11.8 Å². The van der Waals surface area contributed by atoms with Crippen molar-refractivity contribution < 1.29 is 13.2 Å². The number of halogens is 1. The van der Waals surface area contributed by atoms with Gasteiger partial charge in [0.15, 0.2) is 0 Å². The molecule has 0 unspecified atom stereocenters. The predicted octanol–water partition coefficient (Wildman–Crippen LogP) is 2.94. The Balaban J connectivity index is 2.28. The maximum Gasteiger partial charge on any atom is 0.316 e. The van der Waals surface area contributed by atoms with Crippen LogP contribution in [0.25, 0.3) is 0 Å². The fraction of sp³-hybridized carbons (Fsp3) is 0.0714. The van der Waals surface area contributed by atoms with Gasteiger partial charge >= 0.3 is 6.03 Å². The second-order valence-electron chi connectivity index (χ2n) is 4.59. The summed E-state index contributed by atoms with van der Waals surface area (Å²) in [5.41, 5.74) is 6.48. The van der Waals surface area contributed by atoms with Crippen LogP contribution in [0.4, 0.5) is 16.2 Å². The third-order valence-corrected chi connectivity index (χ3v) is 4.62. The number of nitrogens with two attached hydrogens (primary N) is 1. The molecule has 2 aromatic carbocycles. The number of nitrogens with one attached hydrogen (secondary N) is 2. The van der Waals surface area contributed by atoms with Gasteiger partial charge in [0.05, 0.1) is 10.6 Å². The van der Waals surface area contributed by atoms with Gasteiger partial charge in [-0.2, -0.15) is 0 Å². The number of carbonyl (C=O) groups excluding carboxylic acids is 1. The molecule has 0 atom stereocenters. The summed E-state index contributed by atoms with van der Waals surface area (Å²) in [4.78, 5) is 10.9. The van der Waals surface area contributed by atoms with Crippen molar-refractivity contribution >= 4 is 39.0 Å². The van der Waals surface area contributed by atoms with E-state index in [4.69, 9.17) is 17.3 Å². The first-order valence-electron chi connectivity index (χ1n) is 6.23. The SMILES string of the molecule is Cc1ccc(S(=O)(=O)Nc2cccc(NC(N)=O)c2)cc1Cl. The van der Waals surface area contributed by atoms with Crippen LogP contribution in [0.3, 0.4) is 0 Å². The van der Waals surface area contributed by atoms with Crippen LogP contribution in [0.2, 0.25) is 5.02 Å². The number of carbonyl (C=O) groups is 1. The molecule has 8 heteroatoms. The second kappa shape index (κ2) is 6.25. The van der Waals surface area contributed by atoms with Gasteiger partial charge in [0, 0.05) is 10.7 Å². The van der Waals surface area contributed by atoms with E-state index in [1.54, 1.807) is 31.2 Å². The first-order chi connectivity index (χ1) is 10.3. The Bertz CT molecular complexity index is 822. The van der Waals surface area contributed by atoms with Crippen molar-refractivity contribution in [1.29, 1.82) is 0 Å². The summed E-state index contributed by atoms with van der Waals surface area (Å²) >= 11 is 5.95. The monoisotopic (exact) mass is 339 g/mol. The smallest absolute Gasteiger partial charge is 0.316 e. The average Bonchev–Trinajstić information content (AvgIpc) is 2.40. The van der Waals surface area contributed by atoms with Gasteiger partial charge in [0.25, 0.3) is 10.0 Å². The van der Waals surface area contributed by atoms with Gasteiger partial charge in [0.2, 0.25) is 0 Å². The van der Waals surface area contributed by atoms with Crippen molar-refractivity contribution in [2.75, 3.05) is 10.0 Å². The molecule has 0 heterocycles. The molecule has 0 bridgehead atoms. The van der Waals surface area contributed by atoms with Crippen LogP contribution in [0.5, 0.6) is 0 Å². The van der Waals surface area contributed by atoms with Gasteiger partial charge in [-0.25, -0.2) is 13.2 Å². The number of aryl methyl sites for hydroxylation is 1. The van der Waals surface area contributed by atoms with Crippen LogP contribution in [0.1, 0.15) is 5.56 Å². The molecule has 0 spiro atoms. The molecule has 0 aromatic heterocycles.